The van der Waals surface area contributed by atoms with Crippen LogP contribution in [0.15, 0.2) is 0 Å². The lowest BCUT2D eigenvalue weighted by molar-refractivity contribution is -0.159. The zero-order chi connectivity index (χ0) is 28.8. The van der Waals surface area contributed by atoms with Crippen molar-refractivity contribution in [2.45, 2.75) is 122 Å². The molecular weight excluding hydrogens is 508 g/mol. The van der Waals surface area contributed by atoms with Gasteiger partial charge in [-0.1, -0.05) is 21.3 Å². The van der Waals surface area contributed by atoms with Crippen LogP contribution >= 0.6 is 0 Å². The lowest BCUT2D eigenvalue weighted by atomic mass is 9.92. The second kappa shape index (κ2) is 19.8. The van der Waals surface area contributed by atoms with E-state index in [0.717, 1.165) is 6.42 Å². The van der Waals surface area contributed by atoms with E-state index in [0.29, 0.717) is 19.6 Å². The van der Waals surface area contributed by atoms with Gasteiger partial charge in [0, 0.05) is 39.7 Å². The summed E-state index contributed by atoms with van der Waals surface area (Å²) < 4.78 is 37.8. The van der Waals surface area contributed by atoms with Crippen molar-refractivity contribution in [1.82, 2.24) is 5.32 Å². The molecule has 4 radical (unpaired) electrons. The van der Waals surface area contributed by atoms with Crippen molar-refractivity contribution in [3.8, 4) is 0 Å². The van der Waals surface area contributed by atoms with Gasteiger partial charge >= 0.3 is 5.97 Å². The molecule has 1 amide bonds. The van der Waals surface area contributed by atoms with Crippen molar-refractivity contribution in [2.24, 2.45) is 0 Å². The molecule has 2 rings (SSSR count). The highest BCUT2D eigenvalue weighted by Crippen LogP contribution is 2.28. The highest BCUT2D eigenvalue weighted by molar-refractivity contribution is 6.12. The summed E-state index contributed by atoms with van der Waals surface area (Å²) in [6.07, 6.45) is -1.44. The molecule has 0 bridgehead atoms. The lowest BCUT2D eigenvalue weighted by Gasteiger charge is -2.25. The molecule has 13 heteroatoms. The summed E-state index contributed by atoms with van der Waals surface area (Å²) in [5.41, 5.74) is 0. The third kappa shape index (κ3) is 12.5. The number of aliphatic hydroxyl groups excluding tert-OH is 1. The summed E-state index contributed by atoms with van der Waals surface area (Å²) in [5, 5.41) is 12.3. The molecule has 2 aliphatic heterocycles. The van der Waals surface area contributed by atoms with Gasteiger partial charge in [-0.15, -0.1) is 0 Å². The van der Waals surface area contributed by atoms with Crippen LogP contribution in [0.2, 0.25) is 0 Å². The average Bonchev–Trinajstić information content (AvgIpc) is 3.37. The monoisotopic (exact) mass is 557 g/mol. The second-order valence-corrected chi connectivity index (χ2v) is 9.40. The number of hydrogen-bond acceptors (Lipinski definition) is 10. The summed E-state index contributed by atoms with van der Waals surface area (Å²) in [5.74, 6) is -0.682. The van der Waals surface area contributed by atoms with Gasteiger partial charge in [0.2, 0.25) is 5.91 Å². The quantitative estimate of drug-likeness (QED) is 0.234. The summed E-state index contributed by atoms with van der Waals surface area (Å²) in [7, 11) is 16.4. The molecule has 0 spiro atoms. The fourth-order valence-electron chi connectivity index (χ4n) is 3.89. The van der Waals surface area contributed by atoms with Gasteiger partial charge in [0.1, 0.15) is 34.0 Å². The van der Waals surface area contributed by atoms with Gasteiger partial charge in [0.15, 0.2) is 6.10 Å². The molecule has 224 valence electrons. The number of hydrogen-bond donors (Lipinski definition) is 2. The standard InChI is InChI=1S/C15H26BNO6.C10H19BO4.CH4/c1-5-10-13(23-12(19)7-6-11(18)17-3)14(15(16)22-10)21-8-9(2)20-4;1-4-7-8(12)9(10(11)15-7)14-5-6(2)13-3;/h9-10,13-15H,5-8H2,1-4H3,(H,17,18);6-10,12H,4-5H2,1-3H3;1H4/t9?,10-,13?,14+,15-;6?,7-,8?,9+,10-;/m11./s1. The normalized spacial score (nSPS) is 31.4. The Morgan fingerprint density at radius 1 is 0.872 bits per heavy atom. The van der Waals surface area contributed by atoms with Crippen LogP contribution in [0.25, 0.3) is 0 Å². The van der Waals surface area contributed by atoms with Crippen LogP contribution < -0.4 is 5.32 Å². The predicted octanol–water partition coefficient (Wildman–Crippen LogP) is 0.855. The van der Waals surface area contributed by atoms with Crippen LogP contribution in [0.1, 0.15) is 60.8 Å². The molecule has 2 saturated heterocycles. The van der Waals surface area contributed by atoms with E-state index in [-0.39, 0.29) is 50.6 Å². The molecule has 0 aromatic carbocycles. The summed E-state index contributed by atoms with van der Waals surface area (Å²) in [6.45, 7) is 8.35. The van der Waals surface area contributed by atoms with Crippen LogP contribution in [0.4, 0.5) is 0 Å². The molecule has 0 saturated carbocycles. The lowest BCUT2D eigenvalue weighted by Crippen LogP contribution is -2.40. The van der Waals surface area contributed by atoms with E-state index in [9.17, 15) is 14.7 Å². The van der Waals surface area contributed by atoms with Crippen LogP contribution in [0.3, 0.4) is 0 Å². The first kappa shape index (κ1) is 37.8. The minimum absolute atomic E-state index is 0. The molecule has 4 unspecified atom stereocenters. The van der Waals surface area contributed by atoms with Crippen molar-refractivity contribution >= 4 is 27.6 Å². The SMILES string of the molecule is C.[B][C@@H]1O[C@H](CC)C(O)[C@@H]1OCC(C)OC.[B][C@@H]1O[C@H](CC)C(OC(=O)CCC(=O)NC)[C@@H]1OCC(C)OC. The number of nitrogens with one attached hydrogen (secondary N) is 1. The molecule has 2 aliphatic rings. The van der Waals surface area contributed by atoms with Crippen molar-refractivity contribution in [2.75, 3.05) is 34.5 Å². The fourth-order valence-corrected chi connectivity index (χ4v) is 3.89. The average molecular weight is 557 g/mol. The maximum atomic E-state index is 11.9. The van der Waals surface area contributed by atoms with E-state index in [1.54, 1.807) is 14.2 Å². The molecule has 0 aliphatic carbocycles. The van der Waals surface area contributed by atoms with Crippen molar-refractivity contribution in [1.29, 1.82) is 0 Å². The smallest absolute Gasteiger partial charge is 0.306 e. The highest BCUT2D eigenvalue weighted by atomic mass is 16.6. The molecule has 0 aromatic heterocycles. The number of rotatable bonds is 14. The molecule has 39 heavy (non-hydrogen) atoms. The van der Waals surface area contributed by atoms with Gasteiger partial charge in [0.25, 0.3) is 0 Å². The first-order valence-corrected chi connectivity index (χ1v) is 13.2. The Hall–Kier alpha value is -1.21. The Bertz CT molecular complexity index is 691. The van der Waals surface area contributed by atoms with E-state index in [2.05, 4.69) is 5.32 Å². The zero-order valence-electron chi connectivity index (χ0n) is 23.8. The highest BCUT2D eigenvalue weighted by Gasteiger charge is 2.44. The molecule has 2 heterocycles. The minimum atomic E-state index is -0.666. The third-order valence-corrected chi connectivity index (χ3v) is 6.48. The van der Waals surface area contributed by atoms with Gasteiger partial charge in [-0.25, -0.2) is 0 Å². The number of carbonyl (C=O) groups is 2. The van der Waals surface area contributed by atoms with Gasteiger partial charge in [0.05, 0.1) is 44.1 Å². The number of carbonyl (C=O) groups excluding carboxylic acids is 2. The van der Waals surface area contributed by atoms with Gasteiger partial charge in [-0.05, 0) is 26.7 Å². The number of esters is 1. The zero-order valence-corrected chi connectivity index (χ0v) is 23.8. The second-order valence-electron chi connectivity index (χ2n) is 9.40. The number of methoxy groups -OCH3 is 2. The maximum absolute atomic E-state index is 11.9. The first-order valence-electron chi connectivity index (χ1n) is 13.2. The van der Waals surface area contributed by atoms with E-state index in [1.807, 2.05) is 27.7 Å². The van der Waals surface area contributed by atoms with Crippen LogP contribution in [0.5, 0.6) is 0 Å². The van der Waals surface area contributed by atoms with E-state index >= 15 is 0 Å². The number of ether oxygens (including phenoxy) is 7. The molecule has 2 N–H and O–H groups in total. The van der Waals surface area contributed by atoms with Crippen LogP contribution in [-0.4, -0.2) is 128 Å². The van der Waals surface area contributed by atoms with Gasteiger partial charge in [-0.3, -0.25) is 9.59 Å². The predicted molar refractivity (Wildman–Crippen MR) is 148 cm³/mol. The topological polar surface area (TPSA) is 131 Å². The Morgan fingerprint density at radius 2 is 1.36 bits per heavy atom. The molecular formula is C26H49B2NO10. The number of amides is 1. The Labute approximate surface area is 237 Å². The summed E-state index contributed by atoms with van der Waals surface area (Å²) >= 11 is 0. The summed E-state index contributed by atoms with van der Waals surface area (Å²) in [6, 6.07) is -1.21. The minimum Gasteiger partial charge on any atom is -0.457 e. The largest absolute Gasteiger partial charge is 0.457 e. The van der Waals surface area contributed by atoms with Gasteiger partial charge < -0.3 is 43.6 Å². The molecule has 11 nitrogen and oxygen atoms in total. The van der Waals surface area contributed by atoms with E-state index in [4.69, 9.17) is 48.9 Å². The van der Waals surface area contributed by atoms with E-state index in [1.165, 1.54) is 7.05 Å². The Balaban J connectivity index is 0.000000784. The molecule has 2 fully saturated rings. The fraction of sp³-hybridized carbons (Fsp3) is 0.923. The van der Waals surface area contributed by atoms with Crippen LogP contribution in [-0.2, 0) is 42.7 Å². The maximum Gasteiger partial charge on any atom is 0.306 e. The van der Waals surface area contributed by atoms with Crippen molar-refractivity contribution in [3.05, 3.63) is 0 Å². The summed E-state index contributed by atoms with van der Waals surface area (Å²) in [4.78, 5) is 23.1. The van der Waals surface area contributed by atoms with E-state index < -0.39 is 42.4 Å². The number of aliphatic hydroxyl groups is 1. The van der Waals surface area contributed by atoms with Crippen molar-refractivity contribution < 1.29 is 47.9 Å². The molecule has 0 aromatic rings. The Kier molecular flexibility index (Phi) is 19.2. The third-order valence-electron chi connectivity index (χ3n) is 6.48. The van der Waals surface area contributed by atoms with Crippen LogP contribution in [0, 0.1) is 0 Å². The van der Waals surface area contributed by atoms with Gasteiger partial charge in [-0.2, -0.15) is 0 Å². The first-order chi connectivity index (χ1) is 18.0. The van der Waals surface area contributed by atoms with Crippen molar-refractivity contribution in [3.63, 3.8) is 0 Å². The Morgan fingerprint density at radius 3 is 1.82 bits per heavy atom. The molecule has 10 atom stereocenters.